The summed E-state index contributed by atoms with van der Waals surface area (Å²) in [4.78, 5) is 26.5. The van der Waals surface area contributed by atoms with Crippen LogP contribution in [0.3, 0.4) is 0 Å². The number of amides is 2. The van der Waals surface area contributed by atoms with Crippen molar-refractivity contribution in [3.05, 3.63) is 35.6 Å². The Labute approximate surface area is 147 Å². The van der Waals surface area contributed by atoms with Crippen LogP contribution in [0.5, 0.6) is 0 Å². The predicted octanol–water partition coefficient (Wildman–Crippen LogP) is 2.06. The second kappa shape index (κ2) is 7.95. The molecule has 0 radical (unpaired) electrons. The number of halogens is 1. The minimum atomic E-state index is -0.489. The van der Waals surface area contributed by atoms with Crippen molar-refractivity contribution in [2.24, 2.45) is 11.7 Å². The van der Waals surface area contributed by atoms with E-state index in [9.17, 15) is 14.0 Å². The number of hydrogen-bond acceptors (Lipinski definition) is 3. The van der Waals surface area contributed by atoms with E-state index in [4.69, 9.17) is 5.73 Å². The van der Waals surface area contributed by atoms with Gasteiger partial charge in [-0.2, -0.15) is 0 Å². The standard InChI is InChI=1S/C19H26FN3O2/c20-17-7-2-1-6-16(17)19(25)23-10-8-15(9-11-23)22-18(24)13-4-3-5-14(21)12-13/h1-2,6-7,13-15H,3-5,8-12,21H2,(H,22,24). The smallest absolute Gasteiger partial charge is 0.256 e. The molecule has 0 spiro atoms. The Morgan fingerprint density at radius 2 is 1.84 bits per heavy atom. The molecule has 2 fully saturated rings. The lowest BCUT2D eigenvalue weighted by atomic mass is 9.85. The Morgan fingerprint density at radius 1 is 1.12 bits per heavy atom. The third-order valence-corrected chi connectivity index (χ3v) is 5.32. The summed E-state index contributed by atoms with van der Waals surface area (Å²) in [5, 5.41) is 3.11. The van der Waals surface area contributed by atoms with Crippen LogP contribution < -0.4 is 11.1 Å². The lowest BCUT2D eigenvalue weighted by Crippen LogP contribution is -2.48. The predicted molar refractivity (Wildman–Crippen MR) is 93.4 cm³/mol. The number of benzene rings is 1. The fourth-order valence-corrected chi connectivity index (χ4v) is 3.82. The monoisotopic (exact) mass is 347 g/mol. The molecule has 2 unspecified atom stereocenters. The highest BCUT2D eigenvalue weighted by atomic mass is 19.1. The number of likely N-dealkylation sites (tertiary alicyclic amines) is 1. The number of carbonyl (C=O) groups excluding carboxylic acids is 2. The third-order valence-electron chi connectivity index (χ3n) is 5.32. The number of nitrogens with one attached hydrogen (secondary N) is 1. The van der Waals surface area contributed by atoms with Crippen LogP contribution in [-0.2, 0) is 4.79 Å². The van der Waals surface area contributed by atoms with Crippen molar-refractivity contribution >= 4 is 11.8 Å². The van der Waals surface area contributed by atoms with E-state index < -0.39 is 5.82 Å². The zero-order valence-electron chi connectivity index (χ0n) is 14.4. The number of piperidine rings is 1. The average molecular weight is 347 g/mol. The number of hydrogen-bond donors (Lipinski definition) is 2. The molecule has 1 saturated carbocycles. The highest BCUT2D eigenvalue weighted by Crippen LogP contribution is 2.24. The first-order valence-corrected chi connectivity index (χ1v) is 9.14. The van der Waals surface area contributed by atoms with E-state index >= 15 is 0 Å². The molecular weight excluding hydrogens is 321 g/mol. The van der Waals surface area contributed by atoms with Crippen molar-refractivity contribution in [1.82, 2.24) is 10.2 Å². The minimum Gasteiger partial charge on any atom is -0.353 e. The van der Waals surface area contributed by atoms with E-state index in [1.54, 1.807) is 17.0 Å². The fraction of sp³-hybridized carbons (Fsp3) is 0.579. The average Bonchev–Trinajstić information content (AvgIpc) is 2.62. The second-order valence-corrected chi connectivity index (χ2v) is 7.18. The van der Waals surface area contributed by atoms with Gasteiger partial charge in [0, 0.05) is 31.1 Å². The number of nitrogens with two attached hydrogens (primary N) is 1. The van der Waals surface area contributed by atoms with Crippen molar-refractivity contribution in [3.8, 4) is 0 Å². The van der Waals surface area contributed by atoms with E-state index in [1.807, 2.05) is 0 Å². The molecule has 1 aliphatic carbocycles. The highest BCUT2D eigenvalue weighted by molar-refractivity contribution is 5.94. The van der Waals surface area contributed by atoms with Gasteiger partial charge in [0.05, 0.1) is 5.56 Å². The fourth-order valence-electron chi connectivity index (χ4n) is 3.82. The van der Waals surface area contributed by atoms with E-state index in [0.717, 1.165) is 25.7 Å². The van der Waals surface area contributed by atoms with Gasteiger partial charge in [-0.3, -0.25) is 9.59 Å². The molecule has 2 amide bonds. The molecule has 5 nitrogen and oxygen atoms in total. The van der Waals surface area contributed by atoms with E-state index in [-0.39, 0.29) is 35.4 Å². The van der Waals surface area contributed by atoms with Crippen LogP contribution in [0, 0.1) is 11.7 Å². The van der Waals surface area contributed by atoms with Crippen LogP contribution in [-0.4, -0.2) is 41.9 Å². The Bertz CT molecular complexity index is 629. The molecule has 1 aromatic carbocycles. The zero-order chi connectivity index (χ0) is 17.8. The summed E-state index contributed by atoms with van der Waals surface area (Å²) in [6, 6.07) is 6.26. The quantitative estimate of drug-likeness (QED) is 0.879. The first-order valence-electron chi connectivity index (χ1n) is 9.14. The summed E-state index contributed by atoms with van der Waals surface area (Å²) < 4.78 is 13.8. The Morgan fingerprint density at radius 3 is 2.52 bits per heavy atom. The molecule has 1 aliphatic heterocycles. The van der Waals surface area contributed by atoms with Gasteiger partial charge in [0.15, 0.2) is 0 Å². The molecule has 0 bridgehead atoms. The maximum Gasteiger partial charge on any atom is 0.256 e. The zero-order valence-corrected chi connectivity index (χ0v) is 14.4. The molecule has 0 aromatic heterocycles. The van der Waals surface area contributed by atoms with Crippen LogP contribution >= 0.6 is 0 Å². The normalized spacial score (nSPS) is 24.8. The molecule has 3 N–H and O–H groups in total. The van der Waals surface area contributed by atoms with Gasteiger partial charge >= 0.3 is 0 Å². The maximum absolute atomic E-state index is 13.8. The van der Waals surface area contributed by atoms with Crippen molar-refractivity contribution in [2.75, 3.05) is 13.1 Å². The van der Waals surface area contributed by atoms with Crippen molar-refractivity contribution < 1.29 is 14.0 Å². The lowest BCUT2D eigenvalue weighted by molar-refractivity contribution is -0.127. The van der Waals surface area contributed by atoms with Crippen LogP contribution in [0.25, 0.3) is 0 Å². The van der Waals surface area contributed by atoms with Gasteiger partial charge in [-0.25, -0.2) is 4.39 Å². The van der Waals surface area contributed by atoms with E-state index in [0.29, 0.717) is 25.9 Å². The summed E-state index contributed by atoms with van der Waals surface area (Å²) in [6.07, 6.45) is 5.07. The Kier molecular flexibility index (Phi) is 5.68. The molecule has 25 heavy (non-hydrogen) atoms. The van der Waals surface area contributed by atoms with Gasteiger partial charge in [-0.05, 0) is 44.2 Å². The van der Waals surface area contributed by atoms with Gasteiger partial charge in [0.1, 0.15) is 5.82 Å². The minimum absolute atomic E-state index is 0.0156. The van der Waals surface area contributed by atoms with Gasteiger partial charge in [-0.15, -0.1) is 0 Å². The Balaban J connectivity index is 1.49. The number of carbonyl (C=O) groups is 2. The summed E-state index contributed by atoms with van der Waals surface area (Å²) in [6.45, 7) is 1.06. The maximum atomic E-state index is 13.8. The van der Waals surface area contributed by atoms with Crippen LogP contribution in [0.1, 0.15) is 48.9 Å². The SMILES string of the molecule is NC1CCCC(C(=O)NC2CCN(C(=O)c3ccccc3F)CC2)C1. The van der Waals surface area contributed by atoms with Crippen molar-refractivity contribution in [2.45, 2.75) is 50.6 Å². The number of rotatable bonds is 3. The molecule has 136 valence electrons. The lowest BCUT2D eigenvalue weighted by Gasteiger charge is -2.34. The van der Waals surface area contributed by atoms with Gasteiger partial charge in [-0.1, -0.05) is 18.6 Å². The molecule has 1 saturated heterocycles. The summed E-state index contributed by atoms with van der Waals surface area (Å²) in [5.41, 5.74) is 6.07. The third kappa shape index (κ3) is 4.37. The molecule has 1 heterocycles. The first-order chi connectivity index (χ1) is 12.0. The molecule has 2 atom stereocenters. The summed E-state index contributed by atoms with van der Waals surface area (Å²) in [7, 11) is 0. The molecule has 1 aromatic rings. The topological polar surface area (TPSA) is 75.4 Å². The van der Waals surface area contributed by atoms with Crippen LogP contribution in [0.2, 0.25) is 0 Å². The summed E-state index contributed by atoms with van der Waals surface area (Å²) >= 11 is 0. The van der Waals surface area contributed by atoms with Gasteiger partial charge in [0.2, 0.25) is 5.91 Å². The largest absolute Gasteiger partial charge is 0.353 e. The summed E-state index contributed by atoms with van der Waals surface area (Å²) in [5.74, 6) is -0.659. The molecule has 3 rings (SSSR count). The molecule has 6 heteroatoms. The molecular formula is C19H26FN3O2. The van der Waals surface area contributed by atoms with Crippen LogP contribution in [0.4, 0.5) is 4.39 Å². The molecule has 2 aliphatic rings. The first kappa shape index (κ1) is 17.9. The van der Waals surface area contributed by atoms with Crippen LogP contribution in [0.15, 0.2) is 24.3 Å². The van der Waals surface area contributed by atoms with E-state index in [1.165, 1.54) is 12.1 Å². The van der Waals surface area contributed by atoms with Gasteiger partial charge < -0.3 is 16.0 Å². The van der Waals surface area contributed by atoms with Gasteiger partial charge in [0.25, 0.3) is 5.91 Å². The highest BCUT2D eigenvalue weighted by Gasteiger charge is 2.29. The van der Waals surface area contributed by atoms with Crippen molar-refractivity contribution in [3.63, 3.8) is 0 Å². The second-order valence-electron chi connectivity index (χ2n) is 7.18. The Hall–Kier alpha value is -1.95. The van der Waals surface area contributed by atoms with Crippen molar-refractivity contribution in [1.29, 1.82) is 0 Å². The number of nitrogens with zero attached hydrogens (tertiary/aromatic N) is 1. The van der Waals surface area contributed by atoms with E-state index in [2.05, 4.69) is 5.32 Å².